The van der Waals surface area contributed by atoms with Gasteiger partial charge in [-0.3, -0.25) is 4.57 Å². The molecule has 1 aromatic heterocycles. The van der Waals surface area contributed by atoms with E-state index in [1.54, 1.807) is 42.0 Å². The molecule has 3 aromatic rings. The molecule has 134 valence electrons. The van der Waals surface area contributed by atoms with Gasteiger partial charge in [-0.2, -0.15) is 13.5 Å². The van der Waals surface area contributed by atoms with E-state index in [-0.39, 0.29) is 10.0 Å². The van der Waals surface area contributed by atoms with Crippen molar-refractivity contribution in [3.8, 4) is 11.4 Å². The van der Waals surface area contributed by atoms with Crippen molar-refractivity contribution in [3.63, 3.8) is 0 Å². The lowest BCUT2D eigenvalue weighted by molar-refractivity contribution is 0.414. The van der Waals surface area contributed by atoms with Crippen LogP contribution < -0.4 is 9.57 Å². The first-order chi connectivity index (χ1) is 12.5. The van der Waals surface area contributed by atoms with Crippen LogP contribution in [0.4, 0.5) is 0 Å². The number of aromatic nitrogens is 2. The fraction of sp³-hybridized carbons (Fsp3) is 0.0588. The number of hydrogen-bond acceptors (Lipinski definition) is 5. The van der Waals surface area contributed by atoms with Crippen LogP contribution in [0.2, 0.25) is 5.15 Å². The van der Waals surface area contributed by atoms with Crippen LogP contribution in [0.3, 0.4) is 0 Å². The number of nitrogens with one attached hydrogen (secondary N) is 1. The van der Waals surface area contributed by atoms with Crippen LogP contribution in [-0.2, 0) is 10.0 Å². The van der Waals surface area contributed by atoms with E-state index in [4.69, 9.17) is 16.3 Å². The summed E-state index contributed by atoms with van der Waals surface area (Å²) in [6.45, 7) is 0. The summed E-state index contributed by atoms with van der Waals surface area (Å²) in [4.78, 5) is 6.31. The lowest BCUT2D eigenvalue weighted by atomic mass is 10.3. The van der Waals surface area contributed by atoms with E-state index < -0.39 is 10.0 Å². The Morgan fingerprint density at radius 2 is 1.85 bits per heavy atom. The Morgan fingerprint density at radius 1 is 1.15 bits per heavy atom. The number of imidazole rings is 1. The molecule has 3 rings (SSSR count). The largest absolute Gasteiger partial charge is 0.497 e. The van der Waals surface area contributed by atoms with Gasteiger partial charge in [0.2, 0.25) is 0 Å². The Hall–Kier alpha value is -2.84. The van der Waals surface area contributed by atoms with Gasteiger partial charge in [-0.1, -0.05) is 29.8 Å². The SMILES string of the molecule is COc1ccc(-n2cnc(Cl)c2/C=N\NS(=O)(=O)c2ccccc2)cc1. The predicted molar refractivity (Wildman–Crippen MR) is 99.5 cm³/mol. The minimum absolute atomic E-state index is 0.118. The molecule has 0 spiro atoms. The maximum Gasteiger partial charge on any atom is 0.276 e. The van der Waals surface area contributed by atoms with Gasteiger partial charge in [-0.25, -0.2) is 9.82 Å². The predicted octanol–water partition coefficient (Wildman–Crippen LogP) is 2.85. The molecule has 2 aromatic carbocycles. The Bertz CT molecular complexity index is 1020. The summed E-state index contributed by atoms with van der Waals surface area (Å²) in [5, 5.41) is 4.01. The van der Waals surface area contributed by atoms with Crippen LogP contribution in [0, 0.1) is 0 Å². The molecule has 26 heavy (non-hydrogen) atoms. The molecule has 0 aliphatic carbocycles. The molecule has 0 unspecified atom stereocenters. The van der Waals surface area contributed by atoms with Crippen molar-refractivity contribution in [2.75, 3.05) is 7.11 Å². The van der Waals surface area contributed by atoms with Crippen molar-refractivity contribution in [3.05, 3.63) is 71.8 Å². The molecule has 0 atom stereocenters. The summed E-state index contributed by atoms with van der Waals surface area (Å²) in [5.41, 5.74) is 1.21. The summed E-state index contributed by atoms with van der Waals surface area (Å²) in [6, 6.07) is 15.2. The van der Waals surface area contributed by atoms with Crippen molar-refractivity contribution in [2.24, 2.45) is 5.10 Å². The van der Waals surface area contributed by atoms with Gasteiger partial charge in [-0.15, -0.1) is 0 Å². The number of ether oxygens (including phenoxy) is 1. The number of rotatable bonds is 6. The van der Waals surface area contributed by atoms with Gasteiger partial charge in [0.15, 0.2) is 5.15 Å². The average molecular weight is 391 g/mol. The zero-order valence-corrected chi connectivity index (χ0v) is 15.3. The molecule has 0 radical (unpaired) electrons. The van der Waals surface area contributed by atoms with Crippen LogP contribution in [0.15, 0.2) is 70.9 Å². The molecular weight excluding hydrogens is 376 g/mol. The highest BCUT2D eigenvalue weighted by Crippen LogP contribution is 2.20. The molecule has 0 amide bonds. The minimum atomic E-state index is -3.75. The van der Waals surface area contributed by atoms with Crippen molar-refractivity contribution < 1.29 is 13.2 Å². The van der Waals surface area contributed by atoms with Crippen molar-refractivity contribution in [1.82, 2.24) is 14.4 Å². The van der Waals surface area contributed by atoms with Crippen LogP contribution in [0.5, 0.6) is 5.75 Å². The van der Waals surface area contributed by atoms with Crippen LogP contribution in [-0.4, -0.2) is 31.3 Å². The molecule has 0 saturated carbocycles. The molecule has 0 aliphatic heterocycles. The fourth-order valence-electron chi connectivity index (χ4n) is 2.21. The molecule has 1 N–H and O–H groups in total. The van der Waals surface area contributed by atoms with Crippen molar-refractivity contribution in [1.29, 1.82) is 0 Å². The quantitative estimate of drug-likeness (QED) is 0.518. The summed E-state index contributed by atoms with van der Waals surface area (Å²) in [6.07, 6.45) is 2.83. The molecule has 9 heteroatoms. The second-order valence-corrected chi connectivity index (χ2v) is 7.17. The zero-order valence-electron chi connectivity index (χ0n) is 13.7. The Morgan fingerprint density at radius 3 is 2.50 bits per heavy atom. The Labute approximate surface area is 156 Å². The van der Waals surface area contributed by atoms with E-state index in [9.17, 15) is 8.42 Å². The number of halogens is 1. The summed E-state index contributed by atoms with van der Waals surface area (Å²) in [7, 11) is -2.17. The lowest BCUT2D eigenvalue weighted by Gasteiger charge is -2.07. The van der Waals surface area contributed by atoms with Gasteiger partial charge < -0.3 is 4.74 Å². The smallest absolute Gasteiger partial charge is 0.276 e. The molecule has 0 fully saturated rings. The second kappa shape index (κ2) is 7.59. The van der Waals surface area contributed by atoms with Gasteiger partial charge in [0, 0.05) is 5.69 Å². The number of hydrazone groups is 1. The third kappa shape index (κ3) is 3.87. The highest BCUT2D eigenvalue weighted by molar-refractivity contribution is 7.89. The first-order valence-electron chi connectivity index (χ1n) is 7.48. The van der Waals surface area contributed by atoms with E-state index in [0.717, 1.165) is 5.69 Å². The Kier molecular flexibility index (Phi) is 5.24. The number of sulfonamides is 1. The average Bonchev–Trinajstić information content (AvgIpc) is 3.03. The van der Waals surface area contributed by atoms with Crippen molar-refractivity contribution in [2.45, 2.75) is 4.90 Å². The lowest BCUT2D eigenvalue weighted by Crippen LogP contribution is -2.18. The number of nitrogens with zero attached hydrogens (tertiary/aromatic N) is 3. The third-order valence-electron chi connectivity index (χ3n) is 3.52. The fourth-order valence-corrected chi connectivity index (χ4v) is 3.21. The van der Waals surface area contributed by atoms with E-state index >= 15 is 0 Å². The molecule has 7 nitrogen and oxygen atoms in total. The third-order valence-corrected chi connectivity index (χ3v) is 5.05. The minimum Gasteiger partial charge on any atom is -0.497 e. The Balaban J connectivity index is 1.84. The van der Waals surface area contributed by atoms with E-state index in [2.05, 4.69) is 14.9 Å². The molecule has 0 saturated heterocycles. The van der Waals surface area contributed by atoms with E-state index in [1.165, 1.54) is 24.7 Å². The molecular formula is C17H15ClN4O3S. The second-order valence-electron chi connectivity index (χ2n) is 5.15. The maximum atomic E-state index is 12.2. The monoisotopic (exact) mass is 390 g/mol. The number of benzene rings is 2. The van der Waals surface area contributed by atoms with Crippen LogP contribution in [0.25, 0.3) is 5.69 Å². The van der Waals surface area contributed by atoms with Crippen LogP contribution in [0.1, 0.15) is 5.69 Å². The summed E-state index contributed by atoms with van der Waals surface area (Å²) in [5.74, 6) is 0.714. The molecule has 1 heterocycles. The number of methoxy groups -OCH3 is 1. The first-order valence-corrected chi connectivity index (χ1v) is 9.34. The standard InChI is InChI=1S/C17H15ClN4O3S/c1-25-14-9-7-13(8-10-14)22-12-19-17(18)16(22)11-20-21-26(23,24)15-5-3-2-4-6-15/h2-12,21H,1H3/b20-11-. The zero-order chi connectivity index (χ0) is 18.6. The highest BCUT2D eigenvalue weighted by atomic mass is 35.5. The summed E-state index contributed by atoms with van der Waals surface area (Å²) >= 11 is 6.10. The maximum absolute atomic E-state index is 12.2. The number of hydrogen-bond donors (Lipinski definition) is 1. The van der Waals surface area contributed by atoms with Gasteiger partial charge >= 0.3 is 0 Å². The highest BCUT2D eigenvalue weighted by Gasteiger charge is 2.13. The first kappa shape index (κ1) is 18.0. The van der Waals surface area contributed by atoms with Gasteiger partial charge in [0.1, 0.15) is 17.8 Å². The van der Waals surface area contributed by atoms with E-state index in [0.29, 0.717) is 11.4 Å². The van der Waals surface area contributed by atoms with E-state index in [1.807, 2.05) is 12.1 Å². The van der Waals surface area contributed by atoms with Gasteiger partial charge in [-0.05, 0) is 36.4 Å². The molecule has 0 bridgehead atoms. The normalized spacial score (nSPS) is 11.6. The topological polar surface area (TPSA) is 85.6 Å². The van der Waals surface area contributed by atoms with Crippen molar-refractivity contribution >= 4 is 27.8 Å². The summed E-state index contributed by atoms with van der Waals surface area (Å²) < 4.78 is 31.2. The molecule has 0 aliphatic rings. The van der Waals surface area contributed by atoms with Gasteiger partial charge in [0.05, 0.1) is 18.2 Å². The van der Waals surface area contributed by atoms with Crippen LogP contribution >= 0.6 is 11.6 Å². The van der Waals surface area contributed by atoms with Gasteiger partial charge in [0.25, 0.3) is 10.0 Å².